The molecule has 5 N–H and O–H groups in total. The molecule has 82 heavy (non-hydrogen) atoms. The molecule has 4 aromatic carbocycles. The average Bonchev–Trinajstić information content (AvgIpc) is 4.35. The molecule has 0 aliphatic heterocycles. The van der Waals surface area contributed by atoms with Gasteiger partial charge in [-0.1, -0.05) is 48.5 Å². The lowest BCUT2D eigenvalue weighted by Crippen LogP contribution is -2.05. The van der Waals surface area contributed by atoms with Crippen LogP contribution in [0.25, 0.3) is 0 Å². The van der Waals surface area contributed by atoms with Crippen molar-refractivity contribution in [3.05, 3.63) is 213 Å². The Morgan fingerprint density at radius 3 is 1.22 bits per heavy atom. The molecule has 4 aromatic heterocycles. The van der Waals surface area contributed by atoms with E-state index in [4.69, 9.17) is 49.9 Å². The van der Waals surface area contributed by atoms with E-state index in [1.54, 1.807) is 73.6 Å². The number of carboxylic acid groups (broad SMARTS) is 1. The number of H-pyrrole nitrogens is 4. The average molecular weight is 1140 g/mol. The number of esters is 3. The van der Waals surface area contributed by atoms with Gasteiger partial charge in [0.25, 0.3) is 0 Å². The number of methoxy groups -OCH3 is 4. The number of carboxylic acids is 1. The van der Waals surface area contributed by atoms with Crippen LogP contribution in [0.1, 0.15) is 112 Å². The fourth-order valence-corrected chi connectivity index (χ4v) is 7.73. The molecule has 0 atom stereocenters. The van der Waals surface area contributed by atoms with Crippen molar-refractivity contribution in [3.63, 3.8) is 0 Å². The summed E-state index contributed by atoms with van der Waals surface area (Å²) in [5, 5.41) is 8.45. The number of Topliss-reactive ketones (excluding diaryl/α,β-unsaturated/α-hetero) is 1. The van der Waals surface area contributed by atoms with Crippen LogP contribution in [0, 0.1) is 6.92 Å². The smallest absolute Gasteiger partial charge is 0.354 e. The minimum absolute atomic E-state index is 0.0740. The molecule has 8 rings (SSSR count). The Morgan fingerprint density at radius 2 is 0.817 bits per heavy atom. The third-order valence-corrected chi connectivity index (χ3v) is 11.8. The van der Waals surface area contributed by atoms with Crippen LogP contribution in [0.5, 0.6) is 23.0 Å². The Kier molecular flexibility index (Phi) is 28.1. The molecule has 0 unspecified atom stereocenters. The summed E-state index contributed by atoms with van der Waals surface area (Å²) in [4.78, 5) is 78.9. The zero-order chi connectivity index (χ0) is 59.8. The quantitative estimate of drug-likeness (QED) is 0.0183. The van der Waals surface area contributed by atoms with Gasteiger partial charge in [-0.3, -0.25) is 9.59 Å². The predicted molar refractivity (Wildman–Crippen MR) is 312 cm³/mol. The highest BCUT2D eigenvalue weighted by molar-refractivity contribution is 6.63. The van der Waals surface area contributed by atoms with Gasteiger partial charge in [-0.2, -0.15) is 0 Å². The summed E-state index contributed by atoms with van der Waals surface area (Å²) in [6.45, 7) is 8.30. The van der Waals surface area contributed by atoms with E-state index in [1.165, 1.54) is 23.4 Å². The van der Waals surface area contributed by atoms with Crippen molar-refractivity contribution in [1.82, 2.24) is 19.9 Å². The largest absolute Gasteiger partial charge is 0.497 e. The molecular weight excluding hydrogens is 1070 g/mol. The first-order valence-corrected chi connectivity index (χ1v) is 26.6. The first-order valence-electron chi connectivity index (χ1n) is 26.2. The summed E-state index contributed by atoms with van der Waals surface area (Å²) in [6, 6.07) is 39.1. The van der Waals surface area contributed by atoms with Crippen molar-refractivity contribution in [2.45, 2.75) is 66.2 Å². The highest BCUT2D eigenvalue weighted by Crippen LogP contribution is 2.19. The number of hydrogen-bond acceptors (Lipinski definition) is 13. The number of hydrogen-bond donors (Lipinski definition) is 5. The monoisotopic (exact) mass is 1140 g/mol. The molecule has 0 bridgehead atoms. The van der Waals surface area contributed by atoms with Crippen LogP contribution in [0.3, 0.4) is 0 Å². The number of aryl methyl sites for hydroxylation is 5. The molecule has 18 nitrogen and oxygen atoms in total. The molecular formula is C63H71ClN4O14. The predicted octanol–water partition coefficient (Wildman–Crippen LogP) is 11.6. The SMILES string of the molecule is CCOC(=O)c1cc(C(=O)Cc2cccc(OC)c2)c[nH]1.CCOC(=O)c1cc(CCc2cccc(OC)c2)c[nH]1.CCOC(=O)c1ccc(C)[nH]1.COc1cccc(CC(=O)Cl)c1.COc1cccc(CCc2c[nH]c(C(=O)O)c2)c1. The third-order valence-electron chi connectivity index (χ3n) is 11.7. The van der Waals surface area contributed by atoms with Crippen molar-refractivity contribution in [1.29, 1.82) is 0 Å². The molecule has 0 aliphatic carbocycles. The molecule has 0 saturated carbocycles. The van der Waals surface area contributed by atoms with Crippen molar-refractivity contribution < 1.29 is 67.0 Å². The summed E-state index contributed by atoms with van der Waals surface area (Å²) >= 11 is 5.23. The number of aromatic nitrogens is 4. The van der Waals surface area contributed by atoms with Crippen LogP contribution in [-0.4, -0.2) is 108 Å². The van der Waals surface area contributed by atoms with Gasteiger partial charge in [-0.15, -0.1) is 0 Å². The maximum atomic E-state index is 12.2. The second-order valence-electron chi connectivity index (χ2n) is 17.7. The van der Waals surface area contributed by atoms with E-state index in [-0.39, 0.29) is 47.2 Å². The highest BCUT2D eigenvalue weighted by atomic mass is 35.5. The van der Waals surface area contributed by atoms with E-state index in [0.717, 1.165) is 70.9 Å². The van der Waals surface area contributed by atoms with E-state index >= 15 is 0 Å². The van der Waals surface area contributed by atoms with E-state index in [9.17, 15) is 28.8 Å². The Labute approximate surface area is 482 Å². The van der Waals surface area contributed by atoms with Gasteiger partial charge >= 0.3 is 23.9 Å². The second-order valence-corrected chi connectivity index (χ2v) is 18.1. The van der Waals surface area contributed by atoms with E-state index in [2.05, 4.69) is 26.0 Å². The summed E-state index contributed by atoms with van der Waals surface area (Å²) < 4.78 is 35.1. The molecule has 0 radical (unpaired) electrons. The van der Waals surface area contributed by atoms with Crippen molar-refractivity contribution in [2.75, 3.05) is 48.3 Å². The van der Waals surface area contributed by atoms with Gasteiger partial charge in [-0.05, 0) is 177 Å². The lowest BCUT2D eigenvalue weighted by molar-refractivity contribution is -0.111. The van der Waals surface area contributed by atoms with Gasteiger partial charge in [0.15, 0.2) is 5.78 Å². The number of ether oxygens (including phenoxy) is 7. The summed E-state index contributed by atoms with van der Waals surface area (Å²) in [5.41, 5.74) is 9.17. The number of rotatable bonds is 22. The summed E-state index contributed by atoms with van der Waals surface area (Å²) in [5.74, 6) is 1.10. The Hall–Kier alpha value is -9.29. The number of carbonyl (C=O) groups excluding carboxylic acids is 5. The third kappa shape index (κ3) is 23.2. The van der Waals surface area contributed by atoms with Crippen molar-refractivity contribution in [3.8, 4) is 23.0 Å². The number of aromatic carboxylic acids is 1. The zero-order valence-electron chi connectivity index (χ0n) is 47.4. The number of benzene rings is 4. The number of nitrogens with one attached hydrogen (secondary N) is 4. The summed E-state index contributed by atoms with van der Waals surface area (Å²) in [7, 11) is 6.47. The van der Waals surface area contributed by atoms with E-state index < -0.39 is 11.9 Å². The molecule has 0 saturated heterocycles. The summed E-state index contributed by atoms with van der Waals surface area (Å²) in [6.07, 6.45) is 9.03. The molecule has 8 aromatic rings. The van der Waals surface area contributed by atoms with Gasteiger partial charge in [0.1, 0.15) is 45.8 Å². The van der Waals surface area contributed by atoms with Crippen LogP contribution in [0.4, 0.5) is 0 Å². The van der Waals surface area contributed by atoms with Crippen LogP contribution >= 0.6 is 11.6 Å². The fourth-order valence-electron chi connectivity index (χ4n) is 7.58. The number of aromatic amines is 4. The maximum absolute atomic E-state index is 12.2. The Bertz CT molecular complexity index is 3280. The standard InChI is InChI=1S/C16H17NO4.C16H19NO3.C14H15NO3.C9H9ClO2.C8H11NO2/c1-3-21-16(19)14-9-12(10-17-14)15(18)8-11-5-4-6-13(7-11)20-2;1-3-20-16(18)15-10-13(11-17-15)8-7-12-5-4-6-14(9-12)19-2;1-18-12-4-2-3-10(7-12)5-6-11-8-13(14(16)17)15-9-11;1-12-8-4-2-3-7(5-8)6-9(10)11;1-3-11-8(10)7-5-4-6(2)9-7/h4-7,9-10,17H,3,8H2,1-2H3;4-6,9-11,17H,3,7-8H2,1-2H3;2-4,7-9,15H,5-6H2,1H3,(H,16,17);2-5H,6H2,1H3;4-5,9H,3H2,1-2H3. The first-order chi connectivity index (χ1) is 39.5. The molecule has 0 fully saturated rings. The number of carbonyl (C=O) groups is 6. The molecule has 0 amide bonds. The van der Waals surface area contributed by atoms with E-state index in [1.807, 2.05) is 110 Å². The molecule has 0 spiro atoms. The lowest BCUT2D eigenvalue weighted by Gasteiger charge is -2.03. The molecule has 434 valence electrons. The van der Waals surface area contributed by atoms with Crippen molar-refractivity contribution >= 4 is 46.5 Å². The number of ketones is 1. The Balaban J connectivity index is 0.000000225. The van der Waals surface area contributed by atoms with E-state index in [0.29, 0.717) is 42.5 Å². The van der Waals surface area contributed by atoms with Crippen LogP contribution in [-0.2, 0) is 57.5 Å². The first kappa shape index (κ1) is 65.2. The topological polar surface area (TPSA) is 250 Å². The molecule has 19 heteroatoms. The van der Waals surface area contributed by atoms with Crippen LogP contribution in [0.2, 0.25) is 0 Å². The maximum Gasteiger partial charge on any atom is 0.354 e. The Morgan fingerprint density at radius 1 is 0.439 bits per heavy atom. The minimum atomic E-state index is -0.928. The fraction of sp³-hybridized carbons (Fsp3) is 0.270. The van der Waals surface area contributed by atoms with Crippen LogP contribution in [0.15, 0.2) is 146 Å². The normalized spacial score (nSPS) is 10.1. The highest BCUT2D eigenvalue weighted by Gasteiger charge is 2.15. The second kappa shape index (κ2) is 35.4. The molecule has 0 aliphatic rings. The van der Waals surface area contributed by atoms with Gasteiger partial charge in [0.2, 0.25) is 5.24 Å². The van der Waals surface area contributed by atoms with Gasteiger partial charge < -0.3 is 58.2 Å². The number of halogens is 1. The lowest BCUT2D eigenvalue weighted by atomic mass is 10.0. The van der Waals surface area contributed by atoms with Gasteiger partial charge in [-0.25, -0.2) is 19.2 Å². The zero-order valence-corrected chi connectivity index (χ0v) is 48.1. The van der Waals surface area contributed by atoms with Gasteiger partial charge in [0.05, 0.1) is 48.3 Å². The van der Waals surface area contributed by atoms with Gasteiger partial charge in [0, 0.05) is 42.7 Å². The molecule has 4 heterocycles. The minimum Gasteiger partial charge on any atom is -0.497 e. The van der Waals surface area contributed by atoms with Crippen LogP contribution < -0.4 is 18.9 Å². The van der Waals surface area contributed by atoms with Crippen molar-refractivity contribution in [2.24, 2.45) is 0 Å².